The number of piperidine rings is 1. The van der Waals surface area contributed by atoms with Gasteiger partial charge in [0.25, 0.3) is 5.91 Å². The standard InChI is InChI=1S/C16H31N3O3.2ClH/c1-13(2)11-19-8-9-22-14(12-19)10-18-15(20)16(21-3)4-6-17-7-5-16;;/h13-14,17H,4-12H2,1-3H3,(H,18,20);2*1H. The van der Waals surface area contributed by atoms with Crippen LogP contribution in [0.1, 0.15) is 26.7 Å². The number of rotatable bonds is 6. The highest BCUT2D eigenvalue weighted by molar-refractivity contribution is 5.86. The smallest absolute Gasteiger partial charge is 0.252 e. The van der Waals surface area contributed by atoms with Crippen molar-refractivity contribution in [3.63, 3.8) is 0 Å². The second-order valence-electron chi connectivity index (χ2n) is 6.80. The fourth-order valence-corrected chi connectivity index (χ4v) is 3.31. The predicted octanol–water partition coefficient (Wildman–Crippen LogP) is 1.07. The molecule has 6 nitrogen and oxygen atoms in total. The lowest BCUT2D eigenvalue weighted by Gasteiger charge is -2.37. The molecule has 2 heterocycles. The zero-order chi connectivity index (χ0) is 16.0. The highest BCUT2D eigenvalue weighted by atomic mass is 35.5. The second-order valence-corrected chi connectivity index (χ2v) is 6.80. The molecule has 1 amide bonds. The molecule has 0 bridgehead atoms. The number of carbonyl (C=O) groups excluding carboxylic acids is 1. The second kappa shape index (κ2) is 11.5. The first-order valence-electron chi connectivity index (χ1n) is 8.44. The van der Waals surface area contributed by atoms with Crippen molar-refractivity contribution in [2.75, 3.05) is 53.0 Å². The lowest BCUT2D eigenvalue weighted by molar-refractivity contribution is -0.147. The minimum absolute atomic E-state index is 0. The van der Waals surface area contributed by atoms with E-state index in [1.54, 1.807) is 7.11 Å². The average molecular weight is 386 g/mol. The molecule has 0 aromatic rings. The molecular weight excluding hydrogens is 353 g/mol. The molecule has 24 heavy (non-hydrogen) atoms. The summed E-state index contributed by atoms with van der Waals surface area (Å²) in [5.74, 6) is 0.654. The monoisotopic (exact) mass is 385 g/mol. The van der Waals surface area contributed by atoms with Crippen LogP contribution in [0.3, 0.4) is 0 Å². The van der Waals surface area contributed by atoms with Crippen LogP contribution in [0.2, 0.25) is 0 Å². The fraction of sp³-hybridized carbons (Fsp3) is 0.938. The van der Waals surface area contributed by atoms with Crippen molar-refractivity contribution >= 4 is 30.7 Å². The van der Waals surface area contributed by atoms with Crippen molar-refractivity contribution in [2.45, 2.75) is 38.4 Å². The van der Waals surface area contributed by atoms with E-state index >= 15 is 0 Å². The number of amides is 1. The first-order chi connectivity index (χ1) is 10.6. The largest absolute Gasteiger partial charge is 0.374 e. The summed E-state index contributed by atoms with van der Waals surface area (Å²) < 4.78 is 11.3. The average Bonchev–Trinajstić information content (AvgIpc) is 2.53. The van der Waals surface area contributed by atoms with E-state index in [1.807, 2.05) is 0 Å². The third kappa shape index (κ3) is 6.65. The lowest BCUT2D eigenvalue weighted by Crippen LogP contribution is -2.56. The molecule has 1 unspecified atom stereocenters. The normalized spacial score (nSPS) is 23.9. The van der Waals surface area contributed by atoms with Gasteiger partial charge in [-0.3, -0.25) is 9.69 Å². The van der Waals surface area contributed by atoms with E-state index < -0.39 is 5.60 Å². The van der Waals surface area contributed by atoms with Gasteiger partial charge in [0.05, 0.1) is 12.7 Å². The van der Waals surface area contributed by atoms with Gasteiger partial charge >= 0.3 is 0 Å². The van der Waals surface area contributed by atoms with Crippen LogP contribution in [0.25, 0.3) is 0 Å². The third-order valence-electron chi connectivity index (χ3n) is 4.55. The van der Waals surface area contributed by atoms with Crippen LogP contribution in [-0.2, 0) is 14.3 Å². The summed E-state index contributed by atoms with van der Waals surface area (Å²) in [6, 6.07) is 0. The first-order valence-corrected chi connectivity index (χ1v) is 8.44. The Bertz CT molecular complexity index is 366. The van der Waals surface area contributed by atoms with Gasteiger partial charge in [0, 0.05) is 33.3 Å². The van der Waals surface area contributed by atoms with Crippen LogP contribution in [0.5, 0.6) is 0 Å². The molecule has 144 valence electrons. The Kier molecular flexibility index (Phi) is 11.4. The van der Waals surface area contributed by atoms with Gasteiger partial charge in [-0.25, -0.2) is 0 Å². The summed E-state index contributed by atoms with van der Waals surface area (Å²) in [6.45, 7) is 10.4. The predicted molar refractivity (Wildman–Crippen MR) is 100 cm³/mol. The highest BCUT2D eigenvalue weighted by Gasteiger charge is 2.39. The molecule has 1 atom stereocenters. The molecule has 2 saturated heterocycles. The zero-order valence-electron chi connectivity index (χ0n) is 15.0. The summed E-state index contributed by atoms with van der Waals surface area (Å²) in [5.41, 5.74) is -0.669. The van der Waals surface area contributed by atoms with Gasteiger partial charge in [-0.1, -0.05) is 13.8 Å². The van der Waals surface area contributed by atoms with Gasteiger partial charge in [0.1, 0.15) is 5.60 Å². The Morgan fingerprint density at radius 3 is 2.62 bits per heavy atom. The summed E-state index contributed by atoms with van der Waals surface area (Å²) in [6.07, 6.45) is 1.52. The maximum atomic E-state index is 12.5. The Morgan fingerprint density at radius 2 is 2.04 bits per heavy atom. The van der Waals surface area contributed by atoms with E-state index in [-0.39, 0.29) is 36.8 Å². The van der Waals surface area contributed by atoms with Crippen LogP contribution in [0.4, 0.5) is 0 Å². The maximum absolute atomic E-state index is 12.5. The summed E-state index contributed by atoms with van der Waals surface area (Å²) in [4.78, 5) is 14.9. The van der Waals surface area contributed by atoms with Crippen LogP contribution in [0.15, 0.2) is 0 Å². The molecule has 8 heteroatoms. The minimum Gasteiger partial charge on any atom is -0.374 e. The SMILES string of the molecule is COC1(C(=O)NCC2CN(CC(C)C)CCO2)CCNCC1.Cl.Cl. The maximum Gasteiger partial charge on any atom is 0.252 e. The quantitative estimate of drug-likeness (QED) is 0.715. The Hall–Kier alpha value is -0.110. The Labute approximate surface area is 158 Å². The molecule has 2 N–H and O–H groups in total. The van der Waals surface area contributed by atoms with E-state index in [0.717, 1.165) is 52.2 Å². The first kappa shape index (κ1) is 23.9. The lowest BCUT2D eigenvalue weighted by atomic mass is 9.91. The van der Waals surface area contributed by atoms with Crippen LogP contribution in [-0.4, -0.2) is 75.5 Å². The molecule has 2 rings (SSSR count). The number of hydrogen-bond donors (Lipinski definition) is 2. The van der Waals surface area contributed by atoms with Gasteiger partial charge in [-0.2, -0.15) is 0 Å². The van der Waals surface area contributed by atoms with Crippen molar-refractivity contribution in [3.8, 4) is 0 Å². The summed E-state index contributed by atoms with van der Waals surface area (Å²) in [7, 11) is 1.63. The molecule has 0 radical (unpaired) electrons. The van der Waals surface area contributed by atoms with Crippen molar-refractivity contribution < 1.29 is 14.3 Å². The molecule has 2 fully saturated rings. The third-order valence-corrected chi connectivity index (χ3v) is 4.55. The van der Waals surface area contributed by atoms with Crippen LogP contribution < -0.4 is 10.6 Å². The number of ether oxygens (including phenoxy) is 2. The van der Waals surface area contributed by atoms with Crippen LogP contribution >= 0.6 is 24.8 Å². The molecule has 0 saturated carbocycles. The van der Waals surface area contributed by atoms with E-state index in [1.165, 1.54) is 0 Å². The number of halogens is 2. The molecule has 0 aliphatic carbocycles. The van der Waals surface area contributed by atoms with E-state index in [0.29, 0.717) is 12.5 Å². The molecule has 2 aliphatic heterocycles. The van der Waals surface area contributed by atoms with Gasteiger partial charge < -0.3 is 20.1 Å². The molecule has 0 aromatic carbocycles. The van der Waals surface area contributed by atoms with Crippen LogP contribution in [0, 0.1) is 5.92 Å². The Balaban J connectivity index is 0.00000264. The highest BCUT2D eigenvalue weighted by Crippen LogP contribution is 2.22. The van der Waals surface area contributed by atoms with Crippen molar-refractivity contribution in [2.24, 2.45) is 5.92 Å². The zero-order valence-corrected chi connectivity index (χ0v) is 16.6. The topological polar surface area (TPSA) is 62.8 Å². The van der Waals surface area contributed by atoms with Gasteiger partial charge in [-0.05, 0) is 31.8 Å². The fourth-order valence-electron chi connectivity index (χ4n) is 3.31. The number of nitrogens with one attached hydrogen (secondary N) is 2. The van der Waals surface area contributed by atoms with Gasteiger partial charge in [0.2, 0.25) is 0 Å². The van der Waals surface area contributed by atoms with Gasteiger partial charge in [-0.15, -0.1) is 24.8 Å². The van der Waals surface area contributed by atoms with Crippen molar-refractivity contribution in [1.82, 2.24) is 15.5 Å². The summed E-state index contributed by atoms with van der Waals surface area (Å²) in [5, 5.41) is 6.31. The van der Waals surface area contributed by atoms with Gasteiger partial charge in [0.15, 0.2) is 0 Å². The Morgan fingerprint density at radius 1 is 1.38 bits per heavy atom. The molecule has 0 spiro atoms. The minimum atomic E-state index is -0.669. The van der Waals surface area contributed by atoms with Crippen molar-refractivity contribution in [3.05, 3.63) is 0 Å². The van der Waals surface area contributed by atoms with Crippen molar-refractivity contribution in [1.29, 1.82) is 0 Å². The van der Waals surface area contributed by atoms with E-state index in [2.05, 4.69) is 29.4 Å². The number of hydrogen-bond acceptors (Lipinski definition) is 5. The molecular formula is C16H33Cl2N3O3. The van der Waals surface area contributed by atoms with E-state index in [4.69, 9.17) is 9.47 Å². The number of methoxy groups -OCH3 is 1. The number of carbonyl (C=O) groups is 1. The number of nitrogens with zero attached hydrogens (tertiary/aromatic N) is 1. The molecule has 0 aromatic heterocycles. The number of morpholine rings is 1. The van der Waals surface area contributed by atoms with E-state index in [9.17, 15) is 4.79 Å². The molecule has 2 aliphatic rings. The summed E-state index contributed by atoms with van der Waals surface area (Å²) >= 11 is 0.